The second kappa shape index (κ2) is 10.5. The number of benzene rings is 2. The summed E-state index contributed by atoms with van der Waals surface area (Å²) in [6, 6.07) is 13.9. The molecule has 4 N–H and O–H groups in total. The first kappa shape index (κ1) is 23.6. The topological polar surface area (TPSA) is 142 Å². The molecule has 0 heterocycles. The van der Waals surface area contributed by atoms with Gasteiger partial charge in [0, 0.05) is 12.5 Å². The molecule has 1 aliphatic rings. The first-order chi connectivity index (χ1) is 15.2. The van der Waals surface area contributed by atoms with Crippen LogP contribution in [0.25, 0.3) is 0 Å². The van der Waals surface area contributed by atoms with Gasteiger partial charge in [0.05, 0.1) is 5.25 Å². The van der Waals surface area contributed by atoms with Crippen LogP contribution in [-0.4, -0.2) is 47.4 Å². The van der Waals surface area contributed by atoms with Crippen LogP contribution >= 0.6 is 0 Å². The Morgan fingerprint density at radius 2 is 1.72 bits per heavy atom. The van der Waals surface area contributed by atoms with Gasteiger partial charge in [-0.15, -0.1) is 0 Å². The molecular formula is C22H26N2O7S. The third kappa shape index (κ3) is 6.96. The van der Waals surface area contributed by atoms with E-state index in [0.29, 0.717) is 12.0 Å². The molecule has 0 saturated heterocycles. The molecule has 1 aliphatic carbocycles. The molecule has 3 unspecified atom stereocenters. The summed E-state index contributed by atoms with van der Waals surface area (Å²) in [7, 11) is -4.16. The van der Waals surface area contributed by atoms with Crippen molar-refractivity contribution in [2.75, 3.05) is 0 Å². The molecule has 0 spiro atoms. The lowest BCUT2D eigenvalue weighted by atomic mass is 10.0. The van der Waals surface area contributed by atoms with Crippen LogP contribution < -0.4 is 10.6 Å². The van der Waals surface area contributed by atoms with E-state index in [4.69, 9.17) is 4.74 Å². The molecule has 1 saturated carbocycles. The molecule has 0 bridgehead atoms. The minimum absolute atomic E-state index is 0.0406. The minimum atomic E-state index is -4.16. The Morgan fingerprint density at radius 1 is 1.03 bits per heavy atom. The van der Waals surface area contributed by atoms with Crippen LogP contribution in [0, 0.1) is 0 Å². The van der Waals surface area contributed by atoms with E-state index in [1.165, 1.54) is 12.1 Å². The number of carbonyl (C=O) groups excluding carboxylic acids is 2. The van der Waals surface area contributed by atoms with Gasteiger partial charge in [0.1, 0.15) is 18.4 Å². The van der Waals surface area contributed by atoms with Crippen LogP contribution in [0.4, 0.5) is 4.79 Å². The summed E-state index contributed by atoms with van der Waals surface area (Å²) < 4.78 is 37.1. The SMILES string of the molecule is O=C(NC(Cc1ccc(O)cc1)C(=O)NC1CCC(S(=O)(=O)O)C1)OCc1ccccc1. The van der Waals surface area contributed by atoms with Crippen molar-refractivity contribution in [3.8, 4) is 5.75 Å². The van der Waals surface area contributed by atoms with E-state index >= 15 is 0 Å². The van der Waals surface area contributed by atoms with Crippen LogP contribution in [0.3, 0.4) is 0 Å². The Morgan fingerprint density at radius 3 is 2.34 bits per heavy atom. The summed E-state index contributed by atoms with van der Waals surface area (Å²) in [5.41, 5.74) is 1.50. The molecule has 0 radical (unpaired) electrons. The quantitative estimate of drug-likeness (QED) is 0.440. The Hall–Kier alpha value is -3.11. The molecule has 172 valence electrons. The van der Waals surface area contributed by atoms with Gasteiger partial charge in [-0.3, -0.25) is 9.35 Å². The Bertz CT molecular complexity index is 1030. The van der Waals surface area contributed by atoms with Crippen LogP contribution in [0.2, 0.25) is 0 Å². The summed E-state index contributed by atoms with van der Waals surface area (Å²) in [4.78, 5) is 25.2. The molecule has 32 heavy (non-hydrogen) atoms. The minimum Gasteiger partial charge on any atom is -0.508 e. The molecule has 0 aromatic heterocycles. The van der Waals surface area contributed by atoms with E-state index in [9.17, 15) is 27.7 Å². The zero-order chi connectivity index (χ0) is 23.1. The fraction of sp³-hybridized carbons (Fsp3) is 0.364. The predicted octanol–water partition coefficient (Wildman–Crippen LogP) is 2.15. The number of ether oxygens (including phenoxy) is 1. The van der Waals surface area contributed by atoms with Gasteiger partial charge in [-0.2, -0.15) is 8.42 Å². The molecule has 2 amide bonds. The molecule has 3 atom stereocenters. The van der Waals surface area contributed by atoms with Gasteiger partial charge in [-0.1, -0.05) is 42.5 Å². The number of nitrogens with one attached hydrogen (secondary N) is 2. The second-order valence-corrected chi connectivity index (χ2v) is 9.48. The Kier molecular flexibility index (Phi) is 7.70. The molecule has 3 rings (SSSR count). The highest BCUT2D eigenvalue weighted by atomic mass is 32.2. The Balaban J connectivity index is 1.63. The highest BCUT2D eigenvalue weighted by Gasteiger charge is 2.35. The maximum Gasteiger partial charge on any atom is 0.408 e. The maximum atomic E-state index is 12.9. The van der Waals surface area contributed by atoms with Crippen molar-refractivity contribution in [1.82, 2.24) is 10.6 Å². The molecule has 0 aliphatic heterocycles. The van der Waals surface area contributed by atoms with E-state index in [-0.39, 0.29) is 31.6 Å². The van der Waals surface area contributed by atoms with Crippen molar-refractivity contribution in [3.05, 3.63) is 65.7 Å². The van der Waals surface area contributed by atoms with Gasteiger partial charge >= 0.3 is 6.09 Å². The van der Waals surface area contributed by atoms with Crippen LogP contribution in [0.1, 0.15) is 30.4 Å². The van der Waals surface area contributed by atoms with Gasteiger partial charge in [-0.25, -0.2) is 4.79 Å². The van der Waals surface area contributed by atoms with E-state index < -0.39 is 39.5 Å². The summed E-state index contributed by atoms with van der Waals surface area (Å²) in [5, 5.41) is 13.9. The number of phenolic OH excluding ortho intramolecular Hbond substituents is 1. The Labute approximate surface area is 186 Å². The molecule has 1 fully saturated rings. The van der Waals surface area contributed by atoms with Crippen LogP contribution in [0.5, 0.6) is 5.75 Å². The lowest BCUT2D eigenvalue weighted by molar-refractivity contribution is -0.123. The lowest BCUT2D eigenvalue weighted by Gasteiger charge is -2.21. The maximum absolute atomic E-state index is 12.9. The summed E-state index contributed by atoms with van der Waals surface area (Å²) in [6.45, 7) is 0.0406. The molecule has 2 aromatic rings. The standard InChI is InChI=1S/C22H26N2O7S/c25-18-9-6-15(7-10-18)12-20(24-22(27)31-14-16-4-2-1-3-5-16)21(26)23-17-8-11-19(13-17)32(28,29)30/h1-7,9-10,17,19-20,25H,8,11-14H2,(H,23,26)(H,24,27)(H,28,29,30). The van der Waals surface area contributed by atoms with Crippen molar-refractivity contribution in [1.29, 1.82) is 0 Å². The third-order valence-corrected chi connectivity index (χ3v) is 6.62. The first-order valence-electron chi connectivity index (χ1n) is 10.2. The van der Waals surface area contributed by atoms with Gasteiger partial charge < -0.3 is 20.5 Å². The lowest BCUT2D eigenvalue weighted by Crippen LogP contribution is -2.50. The van der Waals surface area contributed by atoms with Gasteiger partial charge in [0.25, 0.3) is 10.1 Å². The van der Waals surface area contributed by atoms with Crippen LogP contribution in [0.15, 0.2) is 54.6 Å². The zero-order valence-corrected chi connectivity index (χ0v) is 18.1. The molecule has 10 heteroatoms. The normalized spacial score (nSPS) is 19.2. The highest BCUT2D eigenvalue weighted by Crippen LogP contribution is 2.25. The second-order valence-electron chi connectivity index (χ2n) is 7.78. The van der Waals surface area contributed by atoms with Crippen molar-refractivity contribution in [3.63, 3.8) is 0 Å². The molecule has 9 nitrogen and oxygen atoms in total. The summed E-state index contributed by atoms with van der Waals surface area (Å²) >= 11 is 0. The third-order valence-electron chi connectivity index (χ3n) is 5.35. The number of rotatable bonds is 8. The number of amides is 2. The van der Waals surface area contributed by atoms with E-state index in [1.54, 1.807) is 24.3 Å². The number of aromatic hydroxyl groups is 1. The smallest absolute Gasteiger partial charge is 0.408 e. The number of alkyl carbamates (subject to hydrolysis) is 1. The fourth-order valence-corrected chi connectivity index (χ4v) is 4.54. The van der Waals surface area contributed by atoms with Gasteiger partial charge in [0.15, 0.2) is 0 Å². The van der Waals surface area contributed by atoms with Gasteiger partial charge in [0.2, 0.25) is 5.91 Å². The first-order valence-corrected chi connectivity index (χ1v) is 11.7. The largest absolute Gasteiger partial charge is 0.508 e. The van der Waals surface area contributed by atoms with Crippen LogP contribution in [-0.2, 0) is 32.7 Å². The monoisotopic (exact) mass is 462 g/mol. The number of phenols is 1. The molecular weight excluding hydrogens is 436 g/mol. The summed E-state index contributed by atoms with van der Waals surface area (Å²) in [5.74, 6) is -0.414. The molecule has 2 aromatic carbocycles. The number of hydrogen-bond donors (Lipinski definition) is 4. The predicted molar refractivity (Wildman–Crippen MR) is 116 cm³/mol. The average molecular weight is 463 g/mol. The number of carbonyl (C=O) groups is 2. The van der Waals surface area contributed by atoms with Gasteiger partial charge in [-0.05, 0) is 42.5 Å². The highest BCUT2D eigenvalue weighted by molar-refractivity contribution is 7.86. The summed E-state index contributed by atoms with van der Waals surface area (Å²) in [6.07, 6.45) is 0.130. The van der Waals surface area contributed by atoms with Crippen molar-refractivity contribution in [2.45, 2.75) is 49.6 Å². The fourth-order valence-electron chi connectivity index (χ4n) is 3.63. The van der Waals surface area contributed by atoms with E-state index in [2.05, 4.69) is 10.6 Å². The number of hydrogen-bond acceptors (Lipinski definition) is 6. The van der Waals surface area contributed by atoms with E-state index in [1.807, 2.05) is 18.2 Å². The average Bonchev–Trinajstić information content (AvgIpc) is 3.23. The zero-order valence-electron chi connectivity index (χ0n) is 17.3. The van der Waals surface area contributed by atoms with E-state index in [0.717, 1.165) is 5.56 Å². The van der Waals surface area contributed by atoms with Crippen molar-refractivity contribution >= 4 is 22.1 Å². The van der Waals surface area contributed by atoms with Crippen molar-refractivity contribution in [2.24, 2.45) is 0 Å². The van der Waals surface area contributed by atoms with Crippen molar-refractivity contribution < 1.29 is 32.4 Å².